The highest BCUT2D eigenvalue weighted by Gasteiger charge is 2.24. The molecular weight excluding hydrogens is 398 g/mol. The predicted octanol–water partition coefficient (Wildman–Crippen LogP) is 1.92. The lowest BCUT2D eigenvalue weighted by atomic mass is 10.2. The lowest BCUT2D eigenvalue weighted by Crippen LogP contribution is -2.30. The maximum absolute atomic E-state index is 12.4. The van der Waals surface area contributed by atoms with Crippen LogP contribution in [0.4, 0.5) is 5.69 Å². The topological polar surface area (TPSA) is 126 Å². The smallest absolute Gasteiger partial charge is 0.338 e. The lowest BCUT2D eigenvalue weighted by Gasteiger charge is -2.16. The number of sulfonamides is 1. The van der Waals surface area contributed by atoms with Gasteiger partial charge in [0.1, 0.15) is 6.07 Å². The molecule has 10 heteroatoms. The standard InChI is InChI=1S/C19H19N3O6S/c1-13(18(23)21-17-10-5-4-7-15(17)12-20)28-19(24)14-8-6-9-16(11-14)29(25,26)22(2)27-3/h4-11,13H,1-3H3,(H,21,23)/t13-/m1/s1. The molecule has 9 nitrogen and oxygen atoms in total. The fourth-order valence-corrected chi connectivity index (χ4v) is 3.26. The van der Waals surface area contributed by atoms with Gasteiger partial charge in [-0.1, -0.05) is 22.7 Å². The normalized spacial score (nSPS) is 12.1. The number of ether oxygens (including phenoxy) is 1. The fraction of sp³-hybridized carbons (Fsp3) is 0.211. The van der Waals surface area contributed by atoms with Gasteiger partial charge in [-0.15, -0.1) is 0 Å². The molecule has 1 amide bonds. The average Bonchev–Trinajstić information content (AvgIpc) is 2.73. The second-order valence-electron chi connectivity index (χ2n) is 5.82. The highest BCUT2D eigenvalue weighted by molar-refractivity contribution is 7.89. The summed E-state index contributed by atoms with van der Waals surface area (Å²) in [6, 6.07) is 13.5. The van der Waals surface area contributed by atoms with Gasteiger partial charge >= 0.3 is 5.97 Å². The summed E-state index contributed by atoms with van der Waals surface area (Å²) in [5.41, 5.74) is 0.505. The van der Waals surface area contributed by atoms with Crippen molar-refractivity contribution in [2.24, 2.45) is 0 Å². The number of nitrogens with zero attached hydrogens (tertiary/aromatic N) is 2. The Kier molecular flexibility index (Phi) is 7.06. The van der Waals surface area contributed by atoms with E-state index in [4.69, 9.17) is 14.8 Å². The summed E-state index contributed by atoms with van der Waals surface area (Å²) in [5.74, 6) is -1.51. The molecule has 2 rings (SSSR count). The van der Waals surface area contributed by atoms with E-state index < -0.39 is 28.0 Å². The van der Waals surface area contributed by atoms with Crippen molar-refractivity contribution in [2.45, 2.75) is 17.9 Å². The summed E-state index contributed by atoms with van der Waals surface area (Å²) in [7, 11) is -1.54. The first-order valence-electron chi connectivity index (χ1n) is 8.34. The number of anilines is 1. The number of carbonyl (C=O) groups excluding carboxylic acids is 2. The van der Waals surface area contributed by atoms with Crippen molar-refractivity contribution in [1.82, 2.24) is 4.47 Å². The highest BCUT2D eigenvalue weighted by Crippen LogP contribution is 2.18. The Balaban J connectivity index is 2.13. The molecule has 0 heterocycles. The Morgan fingerprint density at radius 1 is 1.17 bits per heavy atom. The minimum atomic E-state index is -3.94. The number of hydrogen-bond donors (Lipinski definition) is 1. The quantitative estimate of drug-likeness (QED) is 0.539. The van der Waals surface area contributed by atoms with Gasteiger partial charge in [-0.3, -0.25) is 9.63 Å². The van der Waals surface area contributed by atoms with Crippen LogP contribution in [0.25, 0.3) is 0 Å². The number of carbonyl (C=O) groups is 2. The van der Waals surface area contributed by atoms with Gasteiger partial charge < -0.3 is 10.1 Å². The Labute approximate surface area is 168 Å². The summed E-state index contributed by atoms with van der Waals surface area (Å²) in [5, 5.41) is 11.6. The Bertz CT molecular complexity index is 1060. The molecular formula is C19H19N3O6S. The van der Waals surface area contributed by atoms with E-state index in [2.05, 4.69) is 5.32 Å². The van der Waals surface area contributed by atoms with E-state index in [1.165, 1.54) is 45.3 Å². The molecule has 0 fully saturated rings. The van der Waals surface area contributed by atoms with Crippen LogP contribution < -0.4 is 5.32 Å². The van der Waals surface area contributed by atoms with Crippen molar-refractivity contribution in [2.75, 3.05) is 19.5 Å². The van der Waals surface area contributed by atoms with E-state index in [1.807, 2.05) is 6.07 Å². The SMILES string of the molecule is CON(C)S(=O)(=O)c1cccc(C(=O)O[C@H](C)C(=O)Nc2ccccc2C#N)c1. The zero-order valence-electron chi connectivity index (χ0n) is 15.9. The molecule has 0 aliphatic rings. The molecule has 29 heavy (non-hydrogen) atoms. The first kappa shape index (κ1) is 22.0. The third kappa shape index (κ3) is 5.17. The molecule has 0 aliphatic carbocycles. The van der Waals surface area contributed by atoms with Crippen LogP contribution in [0.3, 0.4) is 0 Å². The molecule has 2 aromatic carbocycles. The van der Waals surface area contributed by atoms with Crippen LogP contribution in [-0.4, -0.2) is 45.0 Å². The van der Waals surface area contributed by atoms with E-state index in [-0.39, 0.29) is 16.0 Å². The van der Waals surface area contributed by atoms with E-state index in [1.54, 1.807) is 18.2 Å². The number of esters is 1. The van der Waals surface area contributed by atoms with Gasteiger partial charge in [0, 0.05) is 7.05 Å². The second-order valence-corrected chi connectivity index (χ2v) is 7.76. The van der Waals surface area contributed by atoms with Crippen molar-refractivity contribution in [1.29, 1.82) is 5.26 Å². The highest BCUT2D eigenvalue weighted by atomic mass is 32.2. The Morgan fingerprint density at radius 2 is 1.86 bits per heavy atom. The van der Waals surface area contributed by atoms with Crippen LogP contribution in [0.1, 0.15) is 22.8 Å². The minimum absolute atomic E-state index is 0.0485. The number of hydroxylamine groups is 1. The average molecular weight is 417 g/mol. The number of hydrogen-bond acceptors (Lipinski definition) is 7. The molecule has 0 radical (unpaired) electrons. The third-order valence-electron chi connectivity index (χ3n) is 3.92. The van der Waals surface area contributed by atoms with Crippen molar-refractivity contribution in [3.8, 4) is 6.07 Å². The van der Waals surface area contributed by atoms with E-state index in [0.29, 0.717) is 10.2 Å². The zero-order chi connectivity index (χ0) is 21.6. The van der Waals surface area contributed by atoms with Crippen LogP contribution in [-0.2, 0) is 24.4 Å². The molecule has 1 atom stereocenters. The van der Waals surface area contributed by atoms with Gasteiger partial charge in [0.05, 0.1) is 28.8 Å². The van der Waals surface area contributed by atoms with Crippen LogP contribution in [0.2, 0.25) is 0 Å². The van der Waals surface area contributed by atoms with Crippen molar-refractivity contribution in [3.05, 3.63) is 59.7 Å². The first-order valence-corrected chi connectivity index (χ1v) is 9.78. The summed E-state index contributed by atoms with van der Waals surface area (Å²) < 4.78 is 30.4. The van der Waals surface area contributed by atoms with E-state index >= 15 is 0 Å². The van der Waals surface area contributed by atoms with Crippen molar-refractivity contribution >= 4 is 27.6 Å². The monoisotopic (exact) mass is 417 g/mol. The first-order chi connectivity index (χ1) is 13.7. The number of benzene rings is 2. The maximum Gasteiger partial charge on any atom is 0.338 e. The molecule has 0 aromatic heterocycles. The van der Waals surface area contributed by atoms with E-state index in [9.17, 15) is 18.0 Å². The summed E-state index contributed by atoms with van der Waals surface area (Å²) in [4.78, 5) is 29.2. The van der Waals surface area contributed by atoms with Crippen LogP contribution >= 0.6 is 0 Å². The van der Waals surface area contributed by atoms with Gasteiger partial charge in [-0.2, -0.15) is 5.26 Å². The number of nitriles is 1. The fourth-order valence-electron chi connectivity index (χ4n) is 2.24. The molecule has 0 unspecified atom stereocenters. The van der Waals surface area contributed by atoms with E-state index in [0.717, 1.165) is 6.07 Å². The van der Waals surface area contributed by atoms with Crippen LogP contribution in [0.5, 0.6) is 0 Å². The molecule has 152 valence electrons. The van der Waals surface area contributed by atoms with Gasteiger partial charge in [0.2, 0.25) is 0 Å². The molecule has 0 saturated carbocycles. The van der Waals surface area contributed by atoms with Gasteiger partial charge in [-0.25, -0.2) is 13.2 Å². The van der Waals surface area contributed by atoms with Gasteiger partial charge in [0.25, 0.3) is 15.9 Å². The second kappa shape index (κ2) is 9.29. The van der Waals surface area contributed by atoms with Crippen LogP contribution in [0.15, 0.2) is 53.4 Å². The maximum atomic E-state index is 12.4. The largest absolute Gasteiger partial charge is 0.449 e. The molecule has 1 N–H and O–H groups in total. The number of para-hydroxylation sites is 1. The van der Waals surface area contributed by atoms with Gasteiger partial charge in [0.15, 0.2) is 6.10 Å². The Hall–Kier alpha value is -3.26. The minimum Gasteiger partial charge on any atom is -0.449 e. The van der Waals surface area contributed by atoms with Gasteiger partial charge in [-0.05, 0) is 37.3 Å². The summed E-state index contributed by atoms with van der Waals surface area (Å²) in [6.07, 6.45) is -1.18. The molecule has 0 bridgehead atoms. The number of amides is 1. The predicted molar refractivity (Wildman–Crippen MR) is 103 cm³/mol. The molecule has 2 aromatic rings. The summed E-state index contributed by atoms with van der Waals surface area (Å²) in [6.45, 7) is 1.36. The third-order valence-corrected chi connectivity index (χ3v) is 5.60. The zero-order valence-corrected chi connectivity index (χ0v) is 16.8. The van der Waals surface area contributed by atoms with Crippen molar-refractivity contribution in [3.63, 3.8) is 0 Å². The number of nitrogens with one attached hydrogen (secondary N) is 1. The molecule has 0 aliphatic heterocycles. The Morgan fingerprint density at radius 3 is 2.52 bits per heavy atom. The van der Waals surface area contributed by atoms with Crippen LogP contribution in [0, 0.1) is 11.3 Å². The molecule has 0 spiro atoms. The summed E-state index contributed by atoms with van der Waals surface area (Å²) >= 11 is 0. The molecule has 0 saturated heterocycles. The number of rotatable bonds is 7. The van der Waals surface area contributed by atoms with Crippen molar-refractivity contribution < 1.29 is 27.6 Å². The lowest BCUT2D eigenvalue weighted by molar-refractivity contribution is -0.123.